The second-order valence-electron chi connectivity index (χ2n) is 5.59. The number of hydrogen-bond acceptors (Lipinski definition) is 4. The van der Waals surface area contributed by atoms with E-state index in [1.807, 2.05) is 12.1 Å². The van der Waals surface area contributed by atoms with E-state index >= 15 is 0 Å². The maximum Gasteiger partial charge on any atom is 0.0948 e. The Balaban J connectivity index is 2.08. The standard InChI is InChI=1S/C14H18ClN3S/c1-14(2,3)12-8-19-13(18-12)6-10(16)11-5-4-9(15)7-17-11/h4-5,7-8,10H,6,16H2,1-3H3. The largest absolute Gasteiger partial charge is 0.322 e. The molecule has 2 aromatic heterocycles. The van der Waals surface area contributed by atoms with Crippen LogP contribution >= 0.6 is 22.9 Å². The topological polar surface area (TPSA) is 51.8 Å². The Kier molecular flexibility index (Phi) is 4.23. The molecule has 19 heavy (non-hydrogen) atoms. The van der Waals surface area contributed by atoms with E-state index in [1.165, 1.54) is 0 Å². The molecule has 0 saturated heterocycles. The quantitative estimate of drug-likeness (QED) is 0.938. The lowest BCUT2D eigenvalue weighted by Crippen LogP contribution is -2.15. The van der Waals surface area contributed by atoms with E-state index in [2.05, 4.69) is 36.1 Å². The summed E-state index contributed by atoms with van der Waals surface area (Å²) in [4.78, 5) is 8.90. The van der Waals surface area contributed by atoms with Crippen LogP contribution in [-0.2, 0) is 11.8 Å². The second-order valence-corrected chi connectivity index (χ2v) is 6.97. The molecular weight excluding hydrogens is 278 g/mol. The van der Waals surface area contributed by atoms with E-state index < -0.39 is 0 Å². The number of aromatic nitrogens is 2. The molecule has 1 atom stereocenters. The summed E-state index contributed by atoms with van der Waals surface area (Å²) in [5.41, 5.74) is 8.20. The monoisotopic (exact) mass is 295 g/mol. The van der Waals surface area contributed by atoms with Crippen molar-refractivity contribution in [1.82, 2.24) is 9.97 Å². The van der Waals surface area contributed by atoms with Gasteiger partial charge in [0.1, 0.15) is 0 Å². The van der Waals surface area contributed by atoms with Gasteiger partial charge < -0.3 is 5.73 Å². The van der Waals surface area contributed by atoms with Crippen LogP contribution in [0.3, 0.4) is 0 Å². The van der Waals surface area contributed by atoms with Gasteiger partial charge >= 0.3 is 0 Å². The van der Waals surface area contributed by atoms with Crippen molar-refractivity contribution in [2.45, 2.75) is 38.6 Å². The lowest BCUT2D eigenvalue weighted by molar-refractivity contribution is 0.568. The van der Waals surface area contributed by atoms with Gasteiger partial charge in [0.15, 0.2) is 0 Å². The zero-order chi connectivity index (χ0) is 14.0. The molecule has 2 rings (SSSR count). The molecular formula is C14H18ClN3S. The van der Waals surface area contributed by atoms with Crippen LogP contribution < -0.4 is 5.73 Å². The lowest BCUT2D eigenvalue weighted by Gasteiger charge is -2.14. The highest BCUT2D eigenvalue weighted by Crippen LogP contribution is 2.26. The number of nitrogens with two attached hydrogens (primary N) is 1. The van der Waals surface area contributed by atoms with Gasteiger partial charge in [0, 0.05) is 23.4 Å². The third-order valence-corrected chi connectivity index (χ3v) is 3.94. The highest BCUT2D eigenvalue weighted by molar-refractivity contribution is 7.09. The molecule has 2 aromatic rings. The maximum atomic E-state index is 6.16. The van der Waals surface area contributed by atoms with E-state index in [0.717, 1.165) is 16.4 Å². The fourth-order valence-electron chi connectivity index (χ4n) is 1.65. The summed E-state index contributed by atoms with van der Waals surface area (Å²) in [5.74, 6) is 0. The Morgan fingerprint density at radius 2 is 2.11 bits per heavy atom. The van der Waals surface area contributed by atoms with Gasteiger partial charge in [0.2, 0.25) is 0 Å². The molecule has 102 valence electrons. The van der Waals surface area contributed by atoms with Crippen molar-refractivity contribution in [3.05, 3.63) is 45.1 Å². The van der Waals surface area contributed by atoms with Gasteiger partial charge in [-0.25, -0.2) is 4.98 Å². The molecule has 0 fully saturated rings. The van der Waals surface area contributed by atoms with Crippen molar-refractivity contribution in [2.24, 2.45) is 5.73 Å². The van der Waals surface area contributed by atoms with Crippen LogP contribution in [0.5, 0.6) is 0 Å². The van der Waals surface area contributed by atoms with Crippen molar-refractivity contribution in [1.29, 1.82) is 0 Å². The van der Waals surface area contributed by atoms with Crippen molar-refractivity contribution in [3.8, 4) is 0 Å². The van der Waals surface area contributed by atoms with Crippen molar-refractivity contribution >= 4 is 22.9 Å². The van der Waals surface area contributed by atoms with Gasteiger partial charge in [-0.2, -0.15) is 0 Å². The molecule has 0 saturated carbocycles. The summed E-state index contributed by atoms with van der Waals surface area (Å²) >= 11 is 7.47. The van der Waals surface area contributed by atoms with Crippen LogP contribution in [0.4, 0.5) is 0 Å². The van der Waals surface area contributed by atoms with Crippen LogP contribution in [0, 0.1) is 0 Å². The predicted octanol–water partition coefficient (Wildman–Crippen LogP) is 3.73. The Morgan fingerprint density at radius 1 is 1.37 bits per heavy atom. The fourth-order valence-corrected chi connectivity index (χ4v) is 2.84. The summed E-state index contributed by atoms with van der Waals surface area (Å²) in [6.45, 7) is 6.48. The normalized spacial score (nSPS) is 13.5. The minimum Gasteiger partial charge on any atom is -0.322 e. The molecule has 0 spiro atoms. The molecule has 0 aliphatic carbocycles. The van der Waals surface area contributed by atoms with E-state index in [1.54, 1.807) is 17.5 Å². The Bertz CT molecular complexity index is 543. The van der Waals surface area contributed by atoms with E-state index in [4.69, 9.17) is 17.3 Å². The van der Waals surface area contributed by atoms with Gasteiger partial charge in [-0.05, 0) is 12.1 Å². The average molecular weight is 296 g/mol. The van der Waals surface area contributed by atoms with Crippen molar-refractivity contribution < 1.29 is 0 Å². The first-order valence-electron chi connectivity index (χ1n) is 6.18. The Labute approximate surface area is 122 Å². The van der Waals surface area contributed by atoms with Crippen LogP contribution in [-0.4, -0.2) is 9.97 Å². The molecule has 2 N–H and O–H groups in total. The minimum atomic E-state index is -0.142. The average Bonchev–Trinajstić information content (AvgIpc) is 2.78. The minimum absolute atomic E-state index is 0.0807. The second kappa shape index (κ2) is 5.57. The molecule has 5 heteroatoms. The number of nitrogens with zero attached hydrogens (tertiary/aromatic N) is 2. The molecule has 1 unspecified atom stereocenters. The molecule has 0 amide bonds. The summed E-state index contributed by atoms with van der Waals surface area (Å²) in [7, 11) is 0. The van der Waals surface area contributed by atoms with E-state index in [0.29, 0.717) is 11.4 Å². The van der Waals surface area contributed by atoms with Gasteiger partial charge in [-0.3, -0.25) is 4.98 Å². The molecule has 0 aliphatic rings. The molecule has 0 aliphatic heterocycles. The van der Waals surface area contributed by atoms with Crippen molar-refractivity contribution in [3.63, 3.8) is 0 Å². The summed E-state index contributed by atoms with van der Waals surface area (Å²) in [5, 5.41) is 3.78. The molecule has 0 bridgehead atoms. The number of halogens is 1. The highest BCUT2D eigenvalue weighted by Gasteiger charge is 2.18. The first kappa shape index (κ1) is 14.4. The molecule has 2 heterocycles. The molecule has 3 nitrogen and oxygen atoms in total. The van der Waals surface area contributed by atoms with Crippen LogP contribution in [0.1, 0.15) is 43.2 Å². The predicted molar refractivity (Wildman–Crippen MR) is 80.7 cm³/mol. The van der Waals surface area contributed by atoms with Crippen LogP contribution in [0.2, 0.25) is 5.02 Å². The molecule has 0 aromatic carbocycles. The zero-order valence-electron chi connectivity index (χ0n) is 11.4. The Morgan fingerprint density at radius 3 is 2.63 bits per heavy atom. The zero-order valence-corrected chi connectivity index (χ0v) is 12.9. The first-order valence-corrected chi connectivity index (χ1v) is 7.44. The smallest absolute Gasteiger partial charge is 0.0948 e. The van der Waals surface area contributed by atoms with Crippen LogP contribution in [0.15, 0.2) is 23.7 Å². The lowest BCUT2D eigenvalue weighted by atomic mass is 9.93. The Hall–Kier alpha value is -0.970. The van der Waals surface area contributed by atoms with E-state index in [9.17, 15) is 0 Å². The maximum absolute atomic E-state index is 6.16. The van der Waals surface area contributed by atoms with Crippen LogP contribution in [0.25, 0.3) is 0 Å². The first-order chi connectivity index (χ1) is 8.86. The van der Waals surface area contributed by atoms with Gasteiger partial charge in [-0.1, -0.05) is 32.4 Å². The molecule has 0 radical (unpaired) electrons. The highest BCUT2D eigenvalue weighted by atomic mass is 35.5. The van der Waals surface area contributed by atoms with Gasteiger partial charge in [0.05, 0.1) is 27.5 Å². The fraction of sp³-hybridized carbons (Fsp3) is 0.429. The summed E-state index contributed by atoms with van der Waals surface area (Å²) in [6.07, 6.45) is 2.33. The number of rotatable bonds is 3. The van der Waals surface area contributed by atoms with Gasteiger partial charge in [0.25, 0.3) is 0 Å². The summed E-state index contributed by atoms with van der Waals surface area (Å²) < 4.78 is 0. The number of pyridine rings is 1. The third kappa shape index (κ3) is 3.75. The SMILES string of the molecule is CC(C)(C)c1csc(CC(N)c2ccc(Cl)cn2)n1. The van der Waals surface area contributed by atoms with Gasteiger partial charge in [-0.15, -0.1) is 11.3 Å². The number of hydrogen-bond donors (Lipinski definition) is 1. The summed E-state index contributed by atoms with van der Waals surface area (Å²) in [6, 6.07) is 3.54. The van der Waals surface area contributed by atoms with E-state index in [-0.39, 0.29) is 11.5 Å². The van der Waals surface area contributed by atoms with Crippen molar-refractivity contribution in [2.75, 3.05) is 0 Å². The number of thiazole rings is 1. The third-order valence-electron chi connectivity index (χ3n) is 2.84.